The lowest BCUT2D eigenvalue weighted by atomic mass is 10.1. The molecule has 68 valence electrons. The SMILES string of the molecule is CCOC(=O)[C@H]1C[C@]1(C)C(=O)O. The summed E-state index contributed by atoms with van der Waals surface area (Å²) in [5.41, 5.74) is -0.869. The van der Waals surface area contributed by atoms with Gasteiger partial charge in [-0.15, -0.1) is 0 Å². The van der Waals surface area contributed by atoms with Crippen molar-refractivity contribution < 1.29 is 19.4 Å². The van der Waals surface area contributed by atoms with Crippen molar-refractivity contribution in [3.63, 3.8) is 0 Å². The molecule has 1 N–H and O–H groups in total. The van der Waals surface area contributed by atoms with Crippen LogP contribution in [-0.4, -0.2) is 23.7 Å². The van der Waals surface area contributed by atoms with Gasteiger partial charge >= 0.3 is 11.9 Å². The summed E-state index contributed by atoms with van der Waals surface area (Å²) >= 11 is 0. The number of carbonyl (C=O) groups excluding carboxylic acids is 1. The van der Waals surface area contributed by atoms with Gasteiger partial charge in [0.15, 0.2) is 0 Å². The lowest BCUT2D eigenvalue weighted by Crippen LogP contribution is -2.18. The fraction of sp³-hybridized carbons (Fsp3) is 0.750. The molecule has 1 rings (SSSR count). The molecule has 0 saturated heterocycles. The quantitative estimate of drug-likeness (QED) is 0.635. The third-order valence-corrected chi connectivity index (χ3v) is 2.30. The Morgan fingerprint density at radius 3 is 2.58 bits per heavy atom. The van der Waals surface area contributed by atoms with Crippen molar-refractivity contribution in [3.05, 3.63) is 0 Å². The second-order valence-corrected chi connectivity index (χ2v) is 3.23. The Balaban J connectivity index is 2.51. The molecule has 0 spiro atoms. The summed E-state index contributed by atoms with van der Waals surface area (Å²) in [4.78, 5) is 21.6. The molecular weight excluding hydrogens is 160 g/mol. The van der Waals surface area contributed by atoms with Crippen molar-refractivity contribution in [2.75, 3.05) is 6.61 Å². The molecule has 1 aliphatic rings. The van der Waals surface area contributed by atoms with E-state index >= 15 is 0 Å². The van der Waals surface area contributed by atoms with E-state index in [9.17, 15) is 9.59 Å². The summed E-state index contributed by atoms with van der Waals surface area (Å²) in [6.45, 7) is 3.58. The fourth-order valence-corrected chi connectivity index (χ4v) is 1.19. The predicted molar refractivity (Wildman–Crippen MR) is 40.5 cm³/mol. The molecule has 0 aromatic carbocycles. The van der Waals surface area contributed by atoms with Gasteiger partial charge in [-0.2, -0.15) is 0 Å². The number of aliphatic carboxylic acids is 1. The second-order valence-electron chi connectivity index (χ2n) is 3.23. The third kappa shape index (κ3) is 1.29. The van der Waals surface area contributed by atoms with Crippen LogP contribution >= 0.6 is 0 Å². The highest BCUT2D eigenvalue weighted by Crippen LogP contribution is 2.52. The number of carbonyl (C=O) groups is 2. The number of esters is 1. The lowest BCUT2D eigenvalue weighted by Gasteiger charge is -2.03. The second kappa shape index (κ2) is 2.77. The summed E-state index contributed by atoms with van der Waals surface area (Å²) < 4.78 is 4.71. The van der Waals surface area contributed by atoms with Crippen LogP contribution in [0.4, 0.5) is 0 Å². The van der Waals surface area contributed by atoms with E-state index in [0.29, 0.717) is 13.0 Å². The van der Waals surface area contributed by atoms with Gasteiger partial charge in [0, 0.05) is 0 Å². The van der Waals surface area contributed by atoms with Crippen LogP contribution in [0, 0.1) is 11.3 Å². The van der Waals surface area contributed by atoms with E-state index in [0.717, 1.165) is 0 Å². The van der Waals surface area contributed by atoms with Crippen LogP contribution in [0.25, 0.3) is 0 Å². The number of carboxylic acids is 1. The van der Waals surface area contributed by atoms with Crippen molar-refractivity contribution >= 4 is 11.9 Å². The Labute approximate surface area is 70.5 Å². The highest BCUT2D eigenvalue weighted by Gasteiger charge is 2.61. The molecule has 0 amide bonds. The van der Waals surface area contributed by atoms with Gasteiger partial charge in [0.25, 0.3) is 0 Å². The maximum Gasteiger partial charge on any atom is 0.310 e. The standard InChI is InChI=1S/C8H12O4/c1-3-12-6(9)5-4-8(5,2)7(10)11/h5H,3-4H2,1-2H3,(H,10,11)/t5-,8+/m1/s1. The number of carboxylic acid groups (broad SMARTS) is 1. The molecule has 0 aromatic rings. The van der Waals surface area contributed by atoms with Crippen molar-refractivity contribution in [2.45, 2.75) is 20.3 Å². The summed E-state index contributed by atoms with van der Waals surface area (Å²) in [7, 11) is 0. The molecule has 4 heteroatoms. The summed E-state index contributed by atoms with van der Waals surface area (Å²) in [6, 6.07) is 0. The van der Waals surface area contributed by atoms with Gasteiger partial charge in [-0.05, 0) is 20.3 Å². The highest BCUT2D eigenvalue weighted by molar-refractivity contribution is 5.89. The number of hydrogen-bond acceptors (Lipinski definition) is 3. The van der Waals surface area contributed by atoms with E-state index in [1.165, 1.54) is 0 Å². The zero-order chi connectivity index (χ0) is 9.35. The largest absolute Gasteiger partial charge is 0.481 e. The average molecular weight is 172 g/mol. The van der Waals surface area contributed by atoms with Gasteiger partial charge in [-0.3, -0.25) is 9.59 Å². The minimum atomic E-state index is -0.916. The molecule has 0 aromatic heterocycles. The Hall–Kier alpha value is -1.06. The topological polar surface area (TPSA) is 63.6 Å². The van der Waals surface area contributed by atoms with Crippen molar-refractivity contribution in [2.24, 2.45) is 11.3 Å². The monoisotopic (exact) mass is 172 g/mol. The van der Waals surface area contributed by atoms with Crippen LogP contribution in [0.3, 0.4) is 0 Å². The minimum Gasteiger partial charge on any atom is -0.481 e. The van der Waals surface area contributed by atoms with Crippen LogP contribution < -0.4 is 0 Å². The molecule has 4 nitrogen and oxygen atoms in total. The van der Waals surface area contributed by atoms with Crippen molar-refractivity contribution in [1.29, 1.82) is 0 Å². The summed E-state index contributed by atoms with van der Waals surface area (Å²) in [6.07, 6.45) is 0.404. The number of rotatable bonds is 3. The molecule has 0 radical (unpaired) electrons. The van der Waals surface area contributed by atoms with E-state index in [1.807, 2.05) is 0 Å². The maximum atomic E-state index is 11.0. The predicted octanol–water partition coefficient (Wildman–Crippen LogP) is 0.660. The molecular formula is C8H12O4. The molecule has 1 aliphatic carbocycles. The summed E-state index contributed by atoms with van der Waals surface area (Å²) in [5.74, 6) is -1.74. The summed E-state index contributed by atoms with van der Waals surface area (Å²) in [5, 5.41) is 8.69. The Morgan fingerprint density at radius 2 is 2.25 bits per heavy atom. The van der Waals surface area contributed by atoms with Crippen LogP contribution in [0.1, 0.15) is 20.3 Å². The van der Waals surface area contributed by atoms with E-state index < -0.39 is 17.3 Å². The zero-order valence-electron chi connectivity index (χ0n) is 7.16. The molecule has 12 heavy (non-hydrogen) atoms. The van der Waals surface area contributed by atoms with Gasteiger partial charge < -0.3 is 9.84 Å². The lowest BCUT2D eigenvalue weighted by molar-refractivity contribution is -0.151. The third-order valence-electron chi connectivity index (χ3n) is 2.30. The van der Waals surface area contributed by atoms with Gasteiger partial charge in [0.1, 0.15) is 0 Å². The normalized spacial score (nSPS) is 32.7. The van der Waals surface area contributed by atoms with Crippen LogP contribution in [0.15, 0.2) is 0 Å². The Morgan fingerprint density at radius 1 is 1.67 bits per heavy atom. The molecule has 0 bridgehead atoms. The van der Waals surface area contributed by atoms with E-state index in [4.69, 9.17) is 9.84 Å². The van der Waals surface area contributed by atoms with Gasteiger partial charge in [0.05, 0.1) is 17.9 Å². The molecule has 1 fully saturated rings. The first-order valence-electron chi connectivity index (χ1n) is 3.92. The first-order valence-corrected chi connectivity index (χ1v) is 3.92. The maximum absolute atomic E-state index is 11.0. The number of hydrogen-bond donors (Lipinski definition) is 1. The highest BCUT2D eigenvalue weighted by atomic mass is 16.5. The first-order chi connectivity index (χ1) is 5.52. The molecule has 1 saturated carbocycles. The number of ether oxygens (including phenoxy) is 1. The Kier molecular flexibility index (Phi) is 2.08. The van der Waals surface area contributed by atoms with Crippen LogP contribution in [-0.2, 0) is 14.3 Å². The fourth-order valence-electron chi connectivity index (χ4n) is 1.19. The van der Waals surface area contributed by atoms with E-state index in [2.05, 4.69) is 0 Å². The molecule has 0 unspecified atom stereocenters. The smallest absolute Gasteiger partial charge is 0.310 e. The zero-order valence-corrected chi connectivity index (χ0v) is 7.16. The van der Waals surface area contributed by atoms with Crippen LogP contribution in [0.2, 0.25) is 0 Å². The molecule has 0 aliphatic heterocycles. The molecule has 2 atom stereocenters. The molecule has 0 heterocycles. The Bertz CT molecular complexity index is 223. The van der Waals surface area contributed by atoms with Gasteiger partial charge in [0.2, 0.25) is 0 Å². The van der Waals surface area contributed by atoms with Crippen LogP contribution in [0.5, 0.6) is 0 Å². The van der Waals surface area contributed by atoms with Crippen molar-refractivity contribution in [3.8, 4) is 0 Å². The van der Waals surface area contributed by atoms with E-state index in [1.54, 1.807) is 13.8 Å². The van der Waals surface area contributed by atoms with Gasteiger partial charge in [-0.1, -0.05) is 0 Å². The minimum absolute atomic E-state index is 0.311. The average Bonchev–Trinajstić information content (AvgIpc) is 2.65. The first kappa shape index (κ1) is 9.03. The van der Waals surface area contributed by atoms with Gasteiger partial charge in [-0.25, -0.2) is 0 Å². The van der Waals surface area contributed by atoms with E-state index in [-0.39, 0.29) is 5.97 Å². The van der Waals surface area contributed by atoms with Crippen molar-refractivity contribution in [1.82, 2.24) is 0 Å².